The first kappa shape index (κ1) is 30.3. The Labute approximate surface area is 258 Å². The molecule has 2 heterocycles. The highest BCUT2D eigenvalue weighted by Gasteiger charge is 2.39. The van der Waals surface area contributed by atoms with Crippen LogP contribution in [0.3, 0.4) is 0 Å². The van der Waals surface area contributed by atoms with E-state index in [1.165, 1.54) is 50.8 Å². The van der Waals surface area contributed by atoms with E-state index >= 15 is 0 Å². The fraction of sp³-hybridized carbons (Fsp3) is 0.400. The maximum atomic E-state index is 9.82. The van der Waals surface area contributed by atoms with Crippen LogP contribution in [0.2, 0.25) is 0 Å². The number of benzene rings is 2. The molecule has 1 saturated carbocycles. The van der Waals surface area contributed by atoms with Crippen molar-refractivity contribution in [3.05, 3.63) is 107 Å². The molecule has 5 heteroatoms. The number of anilines is 2. The number of hydrogen-bond donors (Lipinski definition) is 1. The average Bonchev–Trinajstić information content (AvgIpc) is 3.24. The number of allylic oxidation sites excluding steroid dienone is 8. The van der Waals surface area contributed by atoms with Crippen molar-refractivity contribution in [1.82, 2.24) is 0 Å². The molecule has 0 radical (unpaired) electrons. The van der Waals surface area contributed by atoms with Gasteiger partial charge in [0.2, 0.25) is 5.71 Å². The number of aliphatic hydroxyl groups excluding tert-OH is 1. The molecular weight excluding hydrogens is 605 g/mol. The van der Waals surface area contributed by atoms with Crippen molar-refractivity contribution >= 4 is 17.1 Å². The van der Waals surface area contributed by atoms with Crippen molar-refractivity contribution in [2.45, 2.75) is 57.8 Å². The van der Waals surface area contributed by atoms with Gasteiger partial charge >= 0.3 is 0 Å². The molecule has 40 heavy (non-hydrogen) atoms. The standard InChI is InChI=1S/C35H44N3O.HI/c1-34(2)27-15-8-10-17-29(27)37(6)31(34)21-19-25-13-12-14-26(33(25)36(5)23-24-39)20-22-32-35(3,4)28-16-9-11-18-30(28)38(32)7;/h8-11,15-22,39H,12-14,23-24H2,1-7H3;1H/q+1;/p-1. The van der Waals surface area contributed by atoms with Gasteiger partial charge in [-0.3, -0.25) is 0 Å². The molecule has 4 nitrogen and oxygen atoms in total. The van der Waals surface area contributed by atoms with Crippen LogP contribution >= 0.6 is 0 Å². The summed E-state index contributed by atoms with van der Waals surface area (Å²) in [5.41, 5.74) is 11.8. The van der Waals surface area contributed by atoms with E-state index in [0.717, 1.165) is 19.3 Å². The lowest BCUT2D eigenvalue weighted by Crippen LogP contribution is -3.00. The molecule has 0 spiro atoms. The molecule has 1 fully saturated rings. The van der Waals surface area contributed by atoms with Crippen LogP contribution in [-0.2, 0) is 10.8 Å². The minimum atomic E-state index is -0.0506. The molecule has 5 rings (SSSR count). The summed E-state index contributed by atoms with van der Waals surface area (Å²) in [4.78, 5) is 4.67. The Balaban J connectivity index is 0.00000370. The predicted molar refractivity (Wildman–Crippen MR) is 165 cm³/mol. The number of rotatable bonds is 4. The largest absolute Gasteiger partial charge is 1.00 e. The first-order chi connectivity index (χ1) is 18.6. The minimum absolute atomic E-state index is 0. The lowest BCUT2D eigenvalue weighted by atomic mass is 9.82. The van der Waals surface area contributed by atoms with E-state index in [4.69, 9.17) is 0 Å². The number of fused-ring (bicyclic) bond motifs is 2. The minimum Gasteiger partial charge on any atom is -1.00 e. The third kappa shape index (κ3) is 5.11. The van der Waals surface area contributed by atoms with Crippen molar-refractivity contribution in [2.24, 2.45) is 0 Å². The highest BCUT2D eigenvalue weighted by atomic mass is 127. The molecule has 0 bridgehead atoms. The first-order valence-electron chi connectivity index (χ1n) is 14.3. The van der Waals surface area contributed by atoms with Gasteiger partial charge in [0.25, 0.3) is 0 Å². The normalized spacial score (nSPS) is 23.1. The summed E-state index contributed by atoms with van der Waals surface area (Å²) >= 11 is 0. The highest BCUT2D eigenvalue weighted by Crippen LogP contribution is 2.48. The maximum Gasteiger partial charge on any atom is 0.206 e. The molecule has 0 aromatic heterocycles. The van der Waals surface area contributed by atoms with Crippen molar-refractivity contribution in [1.29, 1.82) is 0 Å². The van der Waals surface area contributed by atoms with Gasteiger partial charge < -0.3 is 38.9 Å². The lowest BCUT2D eigenvalue weighted by Gasteiger charge is -2.25. The quantitative estimate of drug-likeness (QED) is 0.405. The molecule has 2 aliphatic heterocycles. The van der Waals surface area contributed by atoms with Gasteiger partial charge in [0.05, 0.1) is 0 Å². The summed E-state index contributed by atoms with van der Waals surface area (Å²) in [6, 6.07) is 17.5. The lowest BCUT2D eigenvalue weighted by molar-refractivity contribution is -0.499. The fourth-order valence-electron chi connectivity index (χ4n) is 6.95. The van der Waals surface area contributed by atoms with Gasteiger partial charge in [-0.1, -0.05) is 76.2 Å². The van der Waals surface area contributed by atoms with Crippen molar-refractivity contribution in [3.63, 3.8) is 0 Å². The van der Waals surface area contributed by atoms with E-state index in [1.54, 1.807) is 0 Å². The number of para-hydroxylation sites is 2. The number of hydrogen-bond acceptors (Lipinski definition) is 3. The zero-order valence-corrected chi connectivity index (χ0v) is 27.3. The summed E-state index contributed by atoms with van der Waals surface area (Å²) in [6.45, 7) is 10.0. The Morgan fingerprint density at radius 3 is 1.57 bits per heavy atom. The third-order valence-electron chi connectivity index (χ3n) is 9.08. The predicted octanol–water partition coefficient (Wildman–Crippen LogP) is 3.73. The van der Waals surface area contributed by atoms with Gasteiger partial charge in [0.15, 0.2) is 6.54 Å². The fourth-order valence-corrected chi connectivity index (χ4v) is 6.95. The molecule has 2 aromatic carbocycles. The SMILES string of the molecule is CN1/C(=C/C=C2\CCC/C(=C\C=C3\N(C)c4ccccc4C3(C)C)C2=[N+](C)CCO)C(C)(C)c2ccccc21.[I-]. The Hall–Kier alpha value is -2.64. The highest BCUT2D eigenvalue weighted by molar-refractivity contribution is 6.10. The molecular formula is C35H44IN3O. The summed E-state index contributed by atoms with van der Waals surface area (Å²) in [5, 5.41) is 9.82. The molecule has 3 aliphatic rings. The molecule has 212 valence electrons. The third-order valence-corrected chi connectivity index (χ3v) is 9.08. The maximum absolute atomic E-state index is 9.82. The number of aliphatic hydroxyl groups is 1. The van der Waals surface area contributed by atoms with Crippen LogP contribution in [0, 0.1) is 0 Å². The Kier molecular flexibility index (Phi) is 8.86. The van der Waals surface area contributed by atoms with E-state index in [1.807, 2.05) is 0 Å². The van der Waals surface area contributed by atoms with Gasteiger partial charge in [-0.15, -0.1) is 0 Å². The molecule has 1 aliphatic carbocycles. The van der Waals surface area contributed by atoms with Crippen LogP contribution in [0.25, 0.3) is 0 Å². The summed E-state index contributed by atoms with van der Waals surface area (Å²) in [6.07, 6.45) is 12.5. The second-order valence-corrected chi connectivity index (χ2v) is 12.2. The number of nitrogens with zero attached hydrogens (tertiary/aromatic N) is 3. The Morgan fingerprint density at radius 1 is 0.750 bits per heavy atom. The van der Waals surface area contributed by atoms with Crippen molar-refractivity contribution in [2.75, 3.05) is 44.1 Å². The summed E-state index contributed by atoms with van der Waals surface area (Å²) in [7, 11) is 6.47. The van der Waals surface area contributed by atoms with Crippen molar-refractivity contribution in [3.8, 4) is 0 Å². The van der Waals surface area contributed by atoms with Gasteiger partial charge in [-0.2, -0.15) is 0 Å². The van der Waals surface area contributed by atoms with Crippen LogP contribution in [0.5, 0.6) is 0 Å². The van der Waals surface area contributed by atoms with Gasteiger partial charge in [-0.25, -0.2) is 4.58 Å². The molecule has 0 unspecified atom stereocenters. The Morgan fingerprint density at radius 2 is 1.18 bits per heavy atom. The van der Waals surface area contributed by atoms with Crippen LogP contribution in [-0.4, -0.2) is 49.7 Å². The van der Waals surface area contributed by atoms with E-state index in [0.29, 0.717) is 6.54 Å². The van der Waals surface area contributed by atoms with E-state index < -0.39 is 0 Å². The van der Waals surface area contributed by atoms with Crippen LogP contribution in [0.4, 0.5) is 11.4 Å². The van der Waals surface area contributed by atoms with Crippen molar-refractivity contribution < 1.29 is 33.7 Å². The Bertz CT molecular complexity index is 1340. The molecule has 0 atom stereocenters. The smallest absolute Gasteiger partial charge is 0.206 e. The van der Waals surface area contributed by atoms with Crippen LogP contribution < -0.4 is 33.8 Å². The molecule has 0 saturated heterocycles. The number of halogens is 1. The van der Waals surface area contributed by atoms with Crippen LogP contribution in [0.15, 0.2) is 95.4 Å². The van der Waals surface area contributed by atoms with Gasteiger partial charge in [0, 0.05) is 58.8 Å². The van der Waals surface area contributed by atoms with E-state index in [9.17, 15) is 5.11 Å². The molecule has 0 amide bonds. The average molecular weight is 650 g/mol. The second-order valence-electron chi connectivity index (χ2n) is 12.2. The monoisotopic (exact) mass is 649 g/mol. The topological polar surface area (TPSA) is 29.7 Å². The zero-order chi connectivity index (χ0) is 27.9. The molecule has 1 N–H and O–H groups in total. The van der Waals surface area contributed by atoms with E-state index in [2.05, 4.69) is 136 Å². The summed E-state index contributed by atoms with van der Waals surface area (Å²) in [5.74, 6) is 0. The van der Waals surface area contributed by atoms with Crippen LogP contribution in [0.1, 0.15) is 58.1 Å². The van der Waals surface area contributed by atoms with Gasteiger partial charge in [0.1, 0.15) is 13.7 Å². The van der Waals surface area contributed by atoms with E-state index in [-0.39, 0.29) is 41.4 Å². The zero-order valence-electron chi connectivity index (χ0n) is 25.1. The van der Waals surface area contributed by atoms with Gasteiger partial charge in [-0.05, 0) is 54.7 Å². The second kappa shape index (κ2) is 11.7. The number of likely N-dealkylation sites (N-methyl/N-ethyl adjacent to an activating group) is 3. The first-order valence-corrected chi connectivity index (χ1v) is 14.3. The summed E-state index contributed by atoms with van der Waals surface area (Å²) < 4.78 is 2.24. The molecule has 2 aromatic rings.